The molecule has 0 amide bonds. The van der Waals surface area contributed by atoms with Crippen molar-refractivity contribution in [2.75, 3.05) is 0 Å². The summed E-state index contributed by atoms with van der Waals surface area (Å²) in [5, 5.41) is 19.3. The number of rotatable bonds is 8. The Morgan fingerprint density at radius 3 is 1.65 bits per heavy atom. The van der Waals surface area contributed by atoms with Crippen LogP contribution in [-0.4, -0.2) is 30.2 Å². The monoisotopic (exact) mass is 290 g/mol. The van der Waals surface area contributed by atoms with Gasteiger partial charge in [-0.25, -0.2) is 0 Å². The molecule has 0 aliphatic heterocycles. The Morgan fingerprint density at radius 2 is 1.50 bits per heavy atom. The van der Waals surface area contributed by atoms with Gasteiger partial charge in [-0.05, 0) is 12.8 Å². The molecule has 0 fully saturated rings. The zero-order valence-corrected chi connectivity index (χ0v) is 12.2. The number of carbonyl (C=O) groups is 2. The summed E-state index contributed by atoms with van der Waals surface area (Å²) in [4.78, 5) is 22.0. The molecule has 0 aliphatic rings. The van der Waals surface area contributed by atoms with Gasteiger partial charge in [-0.1, -0.05) is 12.2 Å². The molecule has 0 spiro atoms. The van der Waals surface area contributed by atoms with E-state index in [9.17, 15) is 28.2 Å². The molecule has 0 saturated carbocycles. The largest absolute Gasteiger partial charge is 1.00 e. The number of aliphatic carboxylic acids is 2. The van der Waals surface area contributed by atoms with Crippen LogP contribution in [0.2, 0.25) is 0 Å². The normalized spacial score (nSPS) is 12.2. The fourth-order valence-electron chi connectivity index (χ4n) is 1.72. The Balaban J connectivity index is -0.00000144. The van der Waals surface area contributed by atoms with E-state index >= 15 is 0 Å². The second-order valence-electron chi connectivity index (χ2n) is 3.64. The van der Waals surface area contributed by atoms with Crippen LogP contribution in [0.15, 0.2) is 25.3 Å². The summed E-state index contributed by atoms with van der Waals surface area (Å²) in [6.07, 6.45) is 0.945. The first-order valence-corrected chi connectivity index (χ1v) is 6.24. The summed E-state index contributed by atoms with van der Waals surface area (Å²) in [5.74, 6) is -4.18. The zero-order valence-electron chi connectivity index (χ0n) is 11.4. The van der Waals surface area contributed by atoms with Crippen molar-refractivity contribution in [2.24, 2.45) is 5.41 Å². The van der Waals surface area contributed by atoms with Gasteiger partial charge in [0, 0.05) is 11.4 Å². The van der Waals surface area contributed by atoms with Crippen molar-refractivity contribution in [3.05, 3.63) is 25.3 Å². The third kappa shape index (κ3) is 5.49. The van der Waals surface area contributed by atoms with E-state index in [0.29, 0.717) is 0 Å². The van der Waals surface area contributed by atoms with Crippen LogP contribution in [0.1, 0.15) is 12.8 Å². The summed E-state index contributed by atoms with van der Waals surface area (Å²) in [6, 6.07) is 0. The van der Waals surface area contributed by atoms with Crippen molar-refractivity contribution in [3.63, 3.8) is 0 Å². The fourth-order valence-corrected chi connectivity index (χ4v) is 2.82. The molecule has 0 aliphatic carbocycles. The molecular weight excluding hydrogens is 278 g/mol. The molecule has 20 heavy (non-hydrogen) atoms. The fraction of sp³-hybridized carbons (Fsp3) is 0.400. The van der Waals surface area contributed by atoms with E-state index in [2.05, 4.69) is 13.2 Å². The first-order valence-electron chi connectivity index (χ1n) is 4.74. The van der Waals surface area contributed by atoms with Crippen LogP contribution in [-0.2, 0) is 19.7 Å². The average molecular weight is 290 g/mol. The van der Waals surface area contributed by atoms with Gasteiger partial charge in [0.05, 0.1) is 5.97 Å². The van der Waals surface area contributed by atoms with Gasteiger partial charge in [-0.3, -0.25) is 4.55 Å². The molecule has 0 aromatic heterocycles. The summed E-state index contributed by atoms with van der Waals surface area (Å²) in [7, 11) is -5.19. The summed E-state index contributed by atoms with van der Waals surface area (Å²) < 4.78 is 31.0. The van der Waals surface area contributed by atoms with Crippen LogP contribution in [0.25, 0.3) is 0 Å². The van der Waals surface area contributed by atoms with Crippen molar-refractivity contribution in [1.82, 2.24) is 0 Å². The van der Waals surface area contributed by atoms with Crippen LogP contribution in [0.4, 0.5) is 0 Å². The minimum absolute atomic E-state index is 0. The Morgan fingerprint density at radius 1 is 1.15 bits per heavy atom. The minimum atomic E-state index is -5.19. The number of carboxylic acids is 2. The first-order chi connectivity index (χ1) is 8.13. The molecule has 1 unspecified atom stereocenters. The zero-order chi connectivity index (χ0) is 14.6. The smallest absolute Gasteiger partial charge is 0.549 e. The summed E-state index contributed by atoms with van der Waals surface area (Å²) >= 11 is 0. The standard InChI is InChI=1S/C10H14O7S.2Li/c1-3-5-10(6-4-2,9(13)14)7(8(11)12)18(15,16)17;;/h3-4,7H,1-2,5-6H2,(H,11,12)(H,13,14)(H,15,16,17);;/q;2*+1/p-2. The second kappa shape index (κ2) is 9.46. The average Bonchev–Trinajstić information content (AvgIpc) is 2.14. The van der Waals surface area contributed by atoms with Gasteiger partial charge < -0.3 is 19.8 Å². The maximum atomic E-state index is 11.1. The van der Waals surface area contributed by atoms with Crippen molar-refractivity contribution in [3.8, 4) is 0 Å². The van der Waals surface area contributed by atoms with E-state index in [1.807, 2.05) is 0 Å². The first kappa shape index (κ1) is 24.5. The van der Waals surface area contributed by atoms with E-state index in [1.54, 1.807) is 0 Å². The topological polar surface area (TPSA) is 135 Å². The van der Waals surface area contributed by atoms with Gasteiger partial charge in [0.1, 0.15) is 5.25 Å². The molecule has 1 N–H and O–H groups in total. The summed E-state index contributed by atoms with van der Waals surface area (Å²) in [5.41, 5.74) is -2.41. The molecule has 0 aromatic rings. The van der Waals surface area contributed by atoms with Gasteiger partial charge in [0.25, 0.3) is 10.1 Å². The molecule has 0 bridgehead atoms. The number of hydrogen-bond acceptors (Lipinski definition) is 6. The van der Waals surface area contributed by atoms with Crippen molar-refractivity contribution in [2.45, 2.75) is 18.1 Å². The molecule has 1 atom stereocenters. The Labute approximate surface area is 141 Å². The Kier molecular flexibility index (Phi) is 11.6. The number of hydrogen-bond donors (Lipinski definition) is 1. The van der Waals surface area contributed by atoms with E-state index in [-0.39, 0.29) is 37.7 Å². The second-order valence-corrected chi connectivity index (χ2v) is 5.14. The van der Waals surface area contributed by atoms with E-state index in [1.165, 1.54) is 0 Å². The van der Waals surface area contributed by atoms with Gasteiger partial charge in [0.2, 0.25) is 0 Å². The van der Waals surface area contributed by atoms with Crippen LogP contribution in [0.3, 0.4) is 0 Å². The molecule has 10 heteroatoms. The van der Waals surface area contributed by atoms with Crippen LogP contribution < -0.4 is 47.9 Å². The maximum Gasteiger partial charge on any atom is 1.00 e. The molecule has 0 saturated heterocycles. The third-order valence-corrected chi connectivity index (χ3v) is 3.68. The molecular formula is C10H12Li2O7S. The number of carboxylic acid groups (broad SMARTS) is 2. The van der Waals surface area contributed by atoms with Crippen molar-refractivity contribution < 1.29 is 70.5 Å². The van der Waals surface area contributed by atoms with Gasteiger partial charge in [-0.15, -0.1) is 13.2 Å². The predicted octanol–water partition coefficient (Wildman–Crippen LogP) is -8.11. The predicted molar refractivity (Wildman–Crippen MR) is 57.4 cm³/mol. The number of carbonyl (C=O) groups excluding carboxylic acids is 2. The molecule has 102 valence electrons. The van der Waals surface area contributed by atoms with Gasteiger partial charge >= 0.3 is 37.7 Å². The van der Waals surface area contributed by atoms with Crippen molar-refractivity contribution >= 4 is 22.1 Å². The van der Waals surface area contributed by atoms with E-state index in [4.69, 9.17) is 4.55 Å². The van der Waals surface area contributed by atoms with Crippen LogP contribution >= 0.6 is 0 Å². The summed E-state index contributed by atoms with van der Waals surface area (Å²) in [6.45, 7) is 6.44. The minimum Gasteiger partial charge on any atom is -0.549 e. The Bertz CT molecular complexity index is 462. The van der Waals surface area contributed by atoms with Gasteiger partial charge in [-0.2, -0.15) is 8.42 Å². The molecule has 0 radical (unpaired) electrons. The van der Waals surface area contributed by atoms with Crippen LogP contribution in [0.5, 0.6) is 0 Å². The van der Waals surface area contributed by atoms with Crippen molar-refractivity contribution in [1.29, 1.82) is 0 Å². The van der Waals surface area contributed by atoms with Gasteiger partial charge in [0.15, 0.2) is 0 Å². The van der Waals surface area contributed by atoms with Crippen LogP contribution in [0, 0.1) is 5.41 Å². The molecule has 7 nitrogen and oxygen atoms in total. The molecule has 0 rings (SSSR count). The molecule has 0 aromatic carbocycles. The van der Waals surface area contributed by atoms with E-state index in [0.717, 1.165) is 12.2 Å². The SMILES string of the molecule is C=CCC(CC=C)(C(=O)[O-])C(C(=O)[O-])S(=O)(=O)O.[Li+].[Li+]. The maximum absolute atomic E-state index is 11.1. The van der Waals surface area contributed by atoms with E-state index < -0.39 is 45.6 Å². The number of allylic oxidation sites excluding steroid dienone is 2. The molecule has 0 heterocycles. The quantitative estimate of drug-likeness (QED) is 0.266. The third-order valence-electron chi connectivity index (χ3n) is 2.44. The Hall–Kier alpha value is -0.475.